The summed E-state index contributed by atoms with van der Waals surface area (Å²) < 4.78 is 0. The van der Waals surface area contributed by atoms with Crippen molar-refractivity contribution in [2.45, 2.75) is 77.6 Å². The quantitative estimate of drug-likeness (QED) is 0.353. The molecule has 0 aliphatic heterocycles. The van der Waals surface area contributed by atoms with Gasteiger partial charge in [-0.25, -0.2) is 0 Å². The zero-order chi connectivity index (χ0) is 14.2. The summed E-state index contributed by atoms with van der Waals surface area (Å²) in [6.45, 7) is 2.23. The van der Waals surface area contributed by atoms with E-state index < -0.39 is 5.97 Å². The Kier molecular flexibility index (Phi) is 14.2. The number of hydrogen-bond donors (Lipinski definition) is 1. The van der Waals surface area contributed by atoms with Gasteiger partial charge < -0.3 is 5.11 Å². The highest BCUT2D eigenvalue weighted by atomic mass is 16.4. The molecule has 0 unspecified atom stereocenters. The number of unbranched alkanes of at least 4 members (excludes halogenated alkanes) is 7. The first kappa shape index (κ1) is 17.9. The van der Waals surface area contributed by atoms with Crippen LogP contribution in [-0.4, -0.2) is 11.1 Å². The van der Waals surface area contributed by atoms with Crippen molar-refractivity contribution in [3.05, 3.63) is 24.3 Å². The fraction of sp³-hybridized carbons (Fsp3) is 0.706. The molecule has 1 N–H and O–H groups in total. The lowest BCUT2D eigenvalue weighted by molar-refractivity contribution is -0.136. The Labute approximate surface area is 118 Å². The second kappa shape index (κ2) is 15.0. The van der Waals surface area contributed by atoms with Gasteiger partial charge in [0, 0.05) is 6.42 Å². The number of allylic oxidation sites excluding steroid dienone is 4. The average Bonchev–Trinajstić information content (AvgIpc) is 2.39. The minimum atomic E-state index is -0.711. The van der Waals surface area contributed by atoms with Crippen LogP contribution in [0.3, 0.4) is 0 Å². The fourth-order valence-electron chi connectivity index (χ4n) is 1.88. The molecule has 0 aliphatic carbocycles. The lowest BCUT2D eigenvalue weighted by Crippen LogP contribution is -1.91. The molecule has 0 aromatic carbocycles. The molecule has 2 heteroatoms. The molecule has 0 heterocycles. The van der Waals surface area contributed by atoms with Gasteiger partial charge in [-0.2, -0.15) is 0 Å². The van der Waals surface area contributed by atoms with Crippen LogP contribution in [0.1, 0.15) is 77.6 Å². The number of hydrogen-bond acceptors (Lipinski definition) is 1. The van der Waals surface area contributed by atoms with E-state index in [4.69, 9.17) is 5.11 Å². The van der Waals surface area contributed by atoms with Crippen molar-refractivity contribution in [2.24, 2.45) is 0 Å². The fourth-order valence-corrected chi connectivity index (χ4v) is 1.88. The molecule has 0 amide bonds. The average molecular weight is 266 g/mol. The first-order valence-electron chi connectivity index (χ1n) is 7.79. The predicted molar refractivity (Wildman–Crippen MR) is 82.4 cm³/mol. The van der Waals surface area contributed by atoms with Crippen molar-refractivity contribution >= 4 is 5.97 Å². The van der Waals surface area contributed by atoms with E-state index >= 15 is 0 Å². The van der Waals surface area contributed by atoms with Gasteiger partial charge in [-0.1, -0.05) is 56.9 Å². The summed E-state index contributed by atoms with van der Waals surface area (Å²) in [4.78, 5) is 10.3. The van der Waals surface area contributed by atoms with E-state index in [1.54, 1.807) is 0 Å². The lowest BCUT2D eigenvalue weighted by atomic mass is 10.1. The maximum absolute atomic E-state index is 10.3. The van der Waals surface area contributed by atoms with Crippen LogP contribution in [0.15, 0.2) is 24.3 Å². The zero-order valence-corrected chi connectivity index (χ0v) is 12.4. The summed E-state index contributed by atoms with van der Waals surface area (Å²) in [7, 11) is 0. The second-order valence-corrected chi connectivity index (χ2v) is 5.01. The van der Waals surface area contributed by atoms with Gasteiger partial charge in [-0.15, -0.1) is 0 Å². The molecule has 0 saturated heterocycles. The van der Waals surface area contributed by atoms with E-state index in [1.165, 1.54) is 51.4 Å². The van der Waals surface area contributed by atoms with Crippen LogP contribution in [0.4, 0.5) is 0 Å². The molecule has 0 aromatic rings. The number of carbonyl (C=O) groups is 1. The van der Waals surface area contributed by atoms with Gasteiger partial charge in [-0.05, 0) is 38.5 Å². The summed E-state index contributed by atoms with van der Waals surface area (Å²) in [6, 6.07) is 0. The summed E-state index contributed by atoms with van der Waals surface area (Å²) in [5, 5.41) is 8.47. The Morgan fingerprint density at radius 1 is 0.789 bits per heavy atom. The van der Waals surface area contributed by atoms with E-state index in [0.717, 1.165) is 6.42 Å². The van der Waals surface area contributed by atoms with Crippen LogP contribution in [0.25, 0.3) is 0 Å². The van der Waals surface area contributed by atoms with Crippen molar-refractivity contribution in [2.75, 3.05) is 0 Å². The highest BCUT2D eigenvalue weighted by Crippen LogP contribution is 2.07. The van der Waals surface area contributed by atoms with Gasteiger partial charge in [0.15, 0.2) is 0 Å². The smallest absolute Gasteiger partial charge is 0.303 e. The molecular weight excluding hydrogens is 236 g/mol. The molecule has 19 heavy (non-hydrogen) atoms. The predicted octanol–water partition coefficient (Wildman–Crippen LogP) is 5.49. The molecular formula is C17H30O2. The van der Waals surface area contributed by atoms with Gasteiger partial charge in [-0.3, -0.25) is 4.79 Å². The van der Waals surface area contributed by atoms with Crippen LogP contribution in [0.2, 0.25) is 0 Å². The molecule has 110 valence electrons. The van der Waals surface area contributed by atoms with Crippen LogP contribution in [0, 0.1) is 0 Å². The number of carboxylic acid groups (broad SMARTS) is 1. The van der Waals surface area contributed by atoms with Crippen LogP contribution in [0.5, 0.6) is 0 Å². The van der Waals surface area contributed by atoms with Gasteiger partial charge in [0.1, 0.15) is 0 Å². The number of carboxylic acids is 1. The Morgan fingerprint density at radius 3 is 1.74 bits per heavy atom. The maximum atomic E-state index is 10.3. The summed E-state index contributed by atoms with van der Waals surface area (Å²) >= 11 is 0. The first-order chi connectivity index (χ1) is 9.27. The third kappa shape index (κ3) is 16.9. The summed E-state index contributed by atoms with van der Waals surface area (Å²) in [5.74, 6) is -0.711. The van der Waals surface area contributed by atoms with Crippen molar-refractivity contribution in [1.82, 2.24) is 0 Å². The topological polar surface area (TPSA) is 37.3 Å². The Balaban J connectivity index is 3.14. The SMILES string of the molecule is CCCC/C=C/CCCCCC/C=C/CCC(=O)O. The van der Waals surface area contributed by atoms with E-state index in [9.17, 15) is 4.79 Å². The van der Waals surface area contributed by atoms with Crippen LogP contribution < -0.4 is 0 Å². The second-order valence-electron chi connectivity index (χ2n) is 5.01. The normalized spacial score (nSPS) is 11.6. The Bertz CT molecular complexity index is 254. The third-order valence-electron chi connectivity index (χ3n) is 3.07. The Morgan fingerprint density at radius 2 is 1.26 bits per heavy atom. The standard InChI is InChI=1S/C17H30O2/c1-2-3-4-5-6-7-8-9-10-11-12-13-14-15-16-17(18)19/h5-6,13-14H,2-4,7-12,15-16H2,1H3,(H,18,19)/b6-5+,14-13+. The molecule has 0 radical (unpaired) electrons. The zero-order valence-electron chi connectivity index (χ0n) is 12.4. The largest absolute Gasteiger partial charge is 0.481 e. The molecule has 0 atom stereocenters. The first-order valence-corrected chi connectivity index (χ1v) is 7.79. The molecule has 0 saturated carbocycles. The third-order valence-corrected chi connectivity index (χ3v) is 3.07. The molecule has 0 bridgehead atoms. The molecule has 0 spiro atoms. The maximum Gasteiger partial charge on any atom is 0.303 e. The highest BCUT2D eigenvalue weighted by Gasteiger charge is 1.91. The Hall–Kier alpha value is -1.05. The monoisotopic (exact) mass is 266 g/mol. The molecule has 0 rings (SSSR count). The van der Waals surface area contributed by atoms with E-state index in [0.29, 0.717) is 6.42 Å². The number of rotatable bonds is 13. The van der Waals surface area contributed by atoms with Crippen molar-refractivity contribution < 1.29 is 9.90 Å². The molecule has 2 nitrogen and oxygen atoms in total. The van der Waals surface area contributed by atoms with Gasteiger partial charge in [0.2, 0.25) is 0 Å². The van der Waals surface area contributed by atoms with Crippen molar-refractivity contribution in [1.29, 1.82) is 0 Å². The van der Waals surface area contributed by atoms with Crippen LogP contribution in [-0.2, 0) is 4.79 Å². The molecule has 0 aromatic heterocycles. The van der Waals surface area contributed by atoms with Gasteiger partial charge in [0.05, 0.1) is 0 Å². The summed E-state index contributed by atoms with van der Waals surface area (Å²) in [6.07, 6.45) is 20.9. The van der Waals surface area contributed by atoms with Crippen LogP contribution >= 0.6 is 0 Å². The summed E-state index contributed by atoms with van der Waals surface area (Å²) in [5.41, 5.74) is 0. The minimum Gasteiger partial charge on any atom is -0.481 e. The lowest BCUT2D eigenvalue weighted by Gasteiger charge is -1.97. The molecule has 0 fully saturated rings. The van der Waals surface area contributed by atoms with E-state index in [-0.39, 0.29) is 6.42 Å². The van der Waals surface area contributed by atoms with Crippen molar-refractivity contribution in [3.63, 3.8) is 0 Å². The van der Waals surface area contributed by atoms with Gasteiger partial charge in [0.25, 0.3) is 0 Å². The van der Waals surface area contributed by atoms with Crippen molar-refractivity contribution in [3.8, 4) is 0 Å². The number of aliphatic carboxylic acids is 1. The van der Waals surface area contributed by atoms with Gasteiger partial charge >= 0.3 is 5.97 Å². The van der Waals surface area contributed by atoms with E-state index in [1.807, 2.05) is 6.08 Å². The molecule has 0 aliphatic rings. The minimum absolute atomic E-state index is 0.251. The highest BCUT2D eigenvalue weighted by molar-refractivity contribution is 5.66. The van der Waals surface area contributed by atoms with E-state index in [2.05, 4.69) is 25.2 Å².